The summed E-state index contributed by atoms with van der Waals surface area (Å²) in [4.78, 5) is 14.8. The van der Waals surface area contributed by atoms with Crippen molar-refractivity contribution in [3.8, 4) is 0 Å². The van der Waals surface area contributed by atoms with Gasteiger partial charge in [-0.2, -0.15) is 0 Å². The summed E-state index contributed by atoms with van der Waals surface area (Å²) in [5.74, 6) is 0. The van der Waals surface area contributed by atoms with Crippen LogP contribution in [-0.2, 0) is 4.74 Å². The Labute approximate surface area is 85.1 Å². The van der Waals surface area contributed by atoms with Gasteiger partial charge in [0.2, 0.25) is 0 Å². The fourth-order valence-electron chi connectivity index (χ4n) is 1.61. The van der Waals surface area contributed by atoms with Crippen LogP contribution in [0.4, 0.5) is 4.39 Å². The van der Waals surface area contributed by atoms with Crippen molar-refractivity contribution in [2.75, 3.05) is 6.61 Å². The van der Waals surface area contributed by atoms with Crippen LogP contribution in [-0.4, -0.2) is 33.5 Å². The molecule has 1 saturated heterocycles. The van der Waals surface area contributed by atoms with Gasteiger partial charge in [0.15, 0.2) is 0 Å². The van der Waals surface area contributed by atoms with Gasteiger partial charge in [0.25, 0.3) is 0 Å². The van der Waals surface area contributed by atoms with E-state index < -0.39 is 24.2 Å². The van der Waals surface area contributed by atoms with Crippen molar-refractivity contribution in [1.29, 1.82) is 0 Å². The Hall–Kier alpha value is -1.27. The third kappa shape index (κ3) is 1.91. The van der Waals surface area contributed by atoms with Crippen molar-refractivity contribution < 1.29 is 14.2 Å². The quantitative estimate of drug-likeness (QED) is 0.744. The zero-order valence-corrected chi connectivity index (χ0v) is 7.91. The van der Waals surface area contributed by atoms with Crippen LogP contribution in [0.25, 0.3) is 0 Å². The molecule has 15 heavy (non-hydrogen) atoms. The van der Waals surface area contributed by atoms with Gasteiger partial charge < -0.3 is 9.84 Å². The Bertz CT molecular complexity index is 395. The molecular weight excluding hydrogens is 203 g/mol. The van der Waals surface area contributed by atoms with E-state index in [-0.39, 0.29) is 13.0 Å². The molecular formula is C9H11FN2O3. The van der Waals surface area contributed by atoms with Gasteiger partial charge in [0, 0.05) is 18.8 Å². The van der Waals surface area contributed by atoms with E-state index in [1.807, 2.05) is 0 Å². The van der Waals surface area contributed by atoms with Gasteiger partial charge in [-0.15, -0.1) is 0 Å². The second-order valence-electron chi connectivity index (χ2n) is 3.37. The standard InChI is InChI=1S/C9H11FN2O3/c10-6-4-8(15-7(6)5-13)12-3-1-2-11-9(12)14/h1-3,6-8,13H,4-5H2/t6-,7+,8+/m0/s1. The Morgan fingerprint density at radius 3 is 3.13 bits per heavy atom. The first-order chi connectivity index (χ1) is 7.22. The maximum atomic E-state index is 13.2. The van der Waals surface area contributed by atoms with E-state index in [0.29, 0.717) is 0 Å². The predicted octanol–water partition coefficient (Wildman–Crippen LogP) is -0.139. The summed E-state index contributed by atoms with van der Waals surface area (Å²) >= 11 is 0. The highest BCUT2D eigenvalue weighted by molar-refractivity contribution is 4.87. The fourth-order valence-corrected chi connectivity index (χ4v) is 1.61. The largest absolute Gasteiger partial charge is 0.394 e. The molecule has 0 saturated carbocycles. The smallest absolute Gasteiger partial charge is 0.349 e. The molecule has 0 amide bonds. The molecule has 82 valence electrons. The lowest BCUT2D eigenvalue weighted by molar-refractivity contribution is -0.0355. The van der Waals surface area contributed by atoms with Crippen molar-refractivity contribution >= 4 is 0 Å². The van der Waals surface area contributed by atoms with E-state index in [0.717, 1.165) is 0 Å². The maximum Gasteiger partial charge on any atom is 0.349 e. The monoisotopic (exact) mass is 214 g/mol. The number of aliphatic hydroxyl groups is 1. The molecule has 1 fully saturated rings. The minimum Gasteiger partial charge on any atom is -0.394 e. The van der Waals surface area contributed by atoms with E-state index in [4.69, 9.17) is 9.84 Å². The summed E-state index contributed by atoms with van der Waals surface area (Å²) in [6.07, 6.45) is 0.167. The molecule has 0 radical (unpaired) electrons. The first-order valence-corrected chi connectivity index (χ1v) is 4.66. The van der Waals surface area contributed by atoms with Gasteiger partial charge >= 0.3 is 5.69 Å². The van der Waals surface area contributed by atoms with Gasteiger partial charge in [-0.05, 0) is 6.07 Å². The van der Waals surface area contributed by atoms with Gasteiger partial charge in [-0.25, -0.2) is 14.2 Å². The van der Waals surface area contributed by atoms with Gasteiger partial charge in [-0.3, -0.25) is 4.57 Å². The first kappa shape index (κ1) is 10.3. The van der Waals surface area contributed by atoms with Crippen molar-refractivity contribution in [2.24, 2.45) is 0 Å². The Morgan fingerprint density at radius 2 is 2.53 bits per heavy atom. The van der Waals surface area contributed by atoms with Crippen LogP contribution < -0.4 is 5.69 Å². The topological polar surface area (TPSA) is 64.4 Å². The zero-order chi connectivity index (χ0) is 10.8. The Balaban J connectivity index is 2.21. The van der Waals surface area contributed by atoms with Crippen molar-refractivity contribution in [1.82, 2.24) is 9.55 Å². The minimum absolute atomic E-state index is 0.0663. The first-order valence-electron chi connectivity index (χ1n) is 4.66. The third-order valence-electron chi connectivity index (χ3n) is 2.39. The van der Waals surface area contributed by atoms with E-state index in [1.165, 1.54) is 17.0 Å². The number of aliphatic hydroxyl groups excluding tert-OH is 1. The molecule has 5 nitrogen and oxygen atoms in total. The number of halogens is 1. The second-order valence-corrected chi connectivity index (χ2v) is 3.37. The van der Waals surface area contributed by atoms with Gasteiger partial charge in [0.1, 0.15) is 18.5 Å². The lowest BCUT2D eigenvalue weighted by Gasteiger charge is -2.13. The van der Waals surface area contributed by atoms with Crippen LogP contribution >= 0.6 is 0 Å². The Kier molecular flexibility index (Phi) is 2.79. The molecule has 1 N–H and O–H groups in total. The molecule has 2 heterocycles. The Morgan fingerprint density at radius 1 is 1.73 bits per heavy atom. The molecule has 0 aromatic carbocycles. The molecule has 1 aromatic heterocycles. The van der Waals surface area contributed by atoms with Gasteiger partial charge in [-0.1, -0.05) is 0 Å². The van der Waals surface area contributed by atoms with Crippen LogP contribution in [0, 0.1) is 0 Å². The van der Waals surface area contributed by atoms with E-state index in [1.54, 1.807) is 6.07 Å². The van der Waals surface area contributed by atoms with Crippen molar-refractivity contribution in [3.05, 3.63) is 28.9 Å². The lowest BCUT2D eigenvalue weighted by atomic mass is 10.2. The highest BCUT2D eigenvalue weighted by Crippen LogP contribution is 2.29. The normalized spacial score (nSPS) is 30.7. The van der Waals surface area contributed by atoms with E-state index in [2.05, 4.69) is 4.98 Å². The molecule has 0 aliphatic carbocycles. The number of nitrogens with zero attached hydrogens (tertiary/aromatic N) is 2. The van der Waals surface area contributed by atoms with Crippen LogP contribution in [0.2, 0.25) is 0 Å². The summed E-state index contributed by atoms with van der Waals surface area (Å²) in [6, 6.07) is 1.57. The SMILES string of the molecule is O=c1ncccn1[C@H]1C[C@H](F)[C@@H](CO)O1. The summed E-state index contributed by atoms with van der Waals surface area (Å²) in [5.41, 5.74) is -0.478. The van der Waals surface area contributed by atoms with Crippen LogP contribution in [0.15, 0.2) is 23.3 Å². The molecule has 3 atom stereocenters. The number of alkyl halides is 1. The number of hydrogen-bond acceptors (Lipinski definition) is 4. The van der Waals surface area contributed by atoms with Crippen molar-refractivity contribution in [2.45, 2.75) is 24.9 Å². The maximum absolute atomic E-state index is 13.2. The fraction of sp³-hybridized carbons (Fsp3) is 0.556. The number of ether oxygens (including phenoxy) is 1. The van der Waals surface area contributed by atoms with Crippen molar-refractivity contribution in [3.63, 3.8) is 0 Å². The molecule has 6 heteroatoms. The summed E-state index contributed by atoms with van der Waals surface area (Å²) in [6.45, 7) is -0.382. The number of aromatic nitrogens is 2. The highest BCUT2D eigenvalue weighted by atomic mass is 19.1. The molecule has 2 rings (SSSR count). The van der Waals surface area contributed by atoms with E-state index in [9.17, 15) is 9.18 Å². The third-order valence-corrected chi connectivity index (χ3v) is 2.39. The summed E-state index contributed by atoms with van der Waals surface area (Å²) in [5, 5.41) is 8.80. The molecule has 1 aliphatic heterocycles. The average Bonchev–Trinajstić information content (AvgIpc) is 2.60. The minimum atomic E-state index is -1.24. The number of rotatable bonds is 2. The molecule has 1 aromatic rings. The summed E-state index contributed by atoms with van der Waals surface area (Å²) < 4.78 is 19.6. The second kappa shape index (κ2) is 4.08. The molecule has 0 bridgehead atoms. The molecule has 1 aliphatic rings. The molecule has 0 unspecified atom stereocenters. The highest BCUT2D eigenvalue weighted by Gasteiger charge is 2.36. The summed E-state index contributed by atoms with van der Waals surface area (Å²) in [7, 11) is 0. The van der Waals surface area contributed by atoms with Crippen LogP contribution in [0.1, 0.15) is 12.6 Å². The lowest BCUT2D eigenvalue weighted by Crippen LogP contribution is -2.26. The predicted molar refractivity (Wildman–Crippen MR) is 49.0 cm³/mol. The molecule has 0 spiro atoms. The van der Waals surface area contributed by atoms with E-state index >= 15 is 0 Å². The van der Waals surface area contributed by atoms with Crippen LogP contribution in [0.3, 0.4) is 0 Å². The zero-order valence-electron chi connectivity index (χ0n) is 7.91. The average molecular weight is 214 g/mol. The van der Waals surface area contributed by atoms with Crippen LogP contribution in [0.5, 0.6) is 0 Å². The number of hydrogen-bond donors (Lipinski definition) is 1. The van der Waals surface area contributed by atoms with Gasteiger partial charge in [0.05, 0.1) is 6.61 Å².